The van der Waals surface area contributed by atoms with E-state index in [0.29, 0.717) is 0 Å². The van der Waals surface area contributed by atoms with Crippen LogP contribution in [0.4, 0.5) is 0 Å². The van der Waals surface area contributed by atoms with E-state index >= 15 is 0 Å². The second-order valence-corrected chi connectivity index (χ2v) is 6.48. The van der Waals surface area contributed by atoms with E-state index in [1.165, 1.54) is 14.8 Å². The zero-order valence-corrected chi connectivity index (χ0v) is 12.9. The number of fused-ring (bicyclic) bond motifs is 4. The quantitative estimate of drug-likeness (QED) is 0.434. The summed E-state index contributed by atoms with van der Waals surface area (Å²) in [4.78, 5) is 13.7. The van der Waals surface area contributed by atoms with Gasteiger partial charge in [-0.05, 0) is 29.7 Å². The van der Waals surface area contributed by atoms with Gasteiger partial charge in [0.1, 0.15) is 0 Å². The van der Waals surface area contributed by atoms with Crippen LogP contribution < -0.4 is 0 Å². The molecule has 0 aliphatic heterocycles. The molecule has 0 amide bonds. The first-order valence-corrected chi connectivity index (χ1v) is 8.19. The van der Waals surface area contributed by atoms with Crippen LogP contribution in [-0.4, -0.2) is 15.0 Å². The number of thiophene rings is 1. The van der Waals surface area contributed by atoms with Crippen molar-refractivity contribution in [1.82, 2.24) is 15.0 Å². The van der Waals surface area contributed by atoms with Crippen LogP contribution in [0.25, 0.3) is 42.5 Å². The van der Waals surface area contributed by atoms with E-state index in [9.17, 15) is 0 Å². The van der Waals surface area contributed by atoms with Gasteiger partial charge < -0.3 is 0 Å². The van der Waals surface area contributed by atoms with Gasteiger partial charge in [0.05, 0.1) is 21.6 Å². The van der Waals surface area contributed by atoms with Crippen molar-refractivity contribution < 1.29 is 0 Å². The Balaban J connectivity index is 1.84. The number of hydrogen-bond acceptors (Lipinski definition) is 4. The molecule has 0 aliphatic carbocycles. The molecule has 5 rings (SSSR count). The van der Waals surface area contributed by atoms with Crippen molar-refractivity contribution in [3.05, 3.63) is 67.1 Å². The van der Waals surface area contributed by atoms with E-state index in [0.717, 1.165) is 27.7 Å². The van der Waals surface area contributed by atoms with Gasteiger partial charge in [-0.15, -0.1) is 11.3 Å². The van der Waals surface area contributed by atoms with E-state index in [1.54, 1.807) is 11.3 Å². The molecule has 4 heteroatoms. The molecule has 1 aromatic carbocycles. The van der Waals surface area contributed by atoms with Gasteiger partial charge in [-0.25, -0.2) is 4.98 Å². The Kier molecular flexibility index (Phi) is 2.66. The molecule has 4 heterocycles. The Hall–Kier alpha value is -2.85. The first-order chi connectivity index (χ1) is 11.4. The zero-order chi connectivity index (χ0) is 15.2. The van der Waals surface area contributed by atoms with E-state index in [1.807, 2.05) is 42.9 Å². The van der Waals surface area contributed by atoms with Crippen LogP contribution in [0.2, 0.25) is 0 Å². The third-order valence-corrected chi connectivity index (χ3v) is 5.16. The largest absolute Gasteiger partial charge is 0.264 e. The first-order valence-electron chi connectivity index (χ1n) is 7.37. The molecule has 0 atom stereocenters. The summed E-state index contributed by atoms with van der Waals surface area (Å²) in [7, 11) is 0. The topological polar surface area (TPSA) is 38.7 Å². The first kappa shape index (κ1) is 12.7. The Morgan fingerprint density at radius 1 is 0.783 bits per heavy atom. The van der Waals surface area contributed by atoms with Crippen LogP contribution in [0.5, 0.6) is 0 Å². The van der Waals surface area contributed by atoms with Gasteiger partial charge in [-0.2, -0.15) is 0 Å². The van der Waals surface area contributed by atoms with Crippen LogP contribution in [-0.2, 0) is 0 Å². The lowest BCUT2D eigenvalue weighted by molar-refractivity contribution is 1.30. The average molecular weight is 313 g/mol. The molecule has 0 saturated heterocycles. The van der Waals surface area contributed by atoms with Gasteiger partial charge in [0.2, 0.25) is 0 Å². The summed E-state index contributed by atoms with van der Waals surface area (Å²) in [6.45, 7) is 0. The summed E-state index contributed by atoms with van der Waals surface area (Å²) in [6.07, 6.45) is 5.56. The standard InChI is InChI=1S/C19H11N3S/c1-2-4-13-12(3-1)7-10-21-18(13)15-5-6-17-19(22-15)14-11-20-9-8-16(14)23-17/h1-11H. The van der Waals surface area contributed by atoms with E-state index < -0.39 is 0 Å². The molecule has 23 heavy (non-hydrogen) atoms. The fourth-order valence-corrected chi connectivity index (χ4v) is 3.96. The summed E-state index contributed by atoms with van der Waals surface area (Å²) >= 11 is 1.75. The fourth-order valence-electron chi connectivity index (χ4n) is 2.94. The summed E-state index contributed by atoms with van der Waals surface area (Å²) < 4.78 is 2.39. The highest BCUT2D eigenvalue weighted by molar-refractivity contribution is 7.25. The van der Waals surface area contributed by atoms with Gasteiger partial charge in [0, 0.05) is 34.1 Å². The summed E-state index contributed by atoms with van der Waals surface area (Å²) in [6, 6.07) is 16.5. The molecule has 0 spiro atoms. The maximum absolute atomic E-state index is 4.89. The second-order valence-electron chi connectivity index (χ2n) is 5.40. The minimum absolute atomic E-state index is 0.901. The van der Waals surface area contributed by atoms with Crippen molar-refractivity contribution in [3.8, 4) is 11.4 Å². The average Bonchev–Trinajstić information content (AvgIpc) is 2.99. The number of pyridine rings is 3. The highest BCUT2D eigenvalue weighted by atomic mass is 32.1. The normalized spacial score (nSPS) is 11.5. The van der Waals surface area contributed by atoms with Crippen LogP contribution in [0.3, 0.4) is 0 Å². The number of nitrogens with zero attached hydrogens (tertiary/aromatic N) is 3. The molecule has 0 saturated carbocycles. The number of hydrogen-bond donors (Lipinski definition) is 0. The molecule has 0 bridgehead atoms. The maximum atomic E-state index is 4.89. The van der Waals surface area contributed by atoms with E-state index in [2.05, 4.69) is 34.2 Å². The molecule has 4 aromatic heterocycles. The minimum atomic E-state index is 0.901. The molecule has 0 radical (unpaired) electrons. The fraction of sp³-hybridized carbons (Fsp3) is 0. The summed E-state index contributed by atoms with van der Waals surface area (Å²) in [5, 5.41) is 3.41. The smallest absolute Gasteiger partial charge is 0.0964 e. The number of rotatable bonds is 1. The van der Waals surface area contributed by atoms with Gasteiger partial charge in [0.15, 0.2) is 0 Å². The predicted molar refractivity (Wildman–Crippen MR) is 95.7 cm³/mol. The molecule has 0 fully saturated rings. The van der Waals surface area contributed by atoms with Crippen molar-refractivity contribution in [3.63, 3.8) is 0 Å². The van der Waals surface area contributed by atoms with Crippen LogP contribution in [0.1, 0.15) is 0 Å². The van der Waals surface area contributed by atoms with Crippen molar-refractivity contribution in [2.24, 2.45) is 0 Å². The molecule has 108 valence electrons. The van der Waals surface area contributed by atoms with Gasteiger partial charge in [-0.1, -0.05) is 24.3 Å². The summed E-state index contributed by atoms with van der Waals surface area (Å²) in [5.41, 5.74) is 2.83. The highest BCUT2D eigenvalue weighted by Gasteiger charge is 2.11. The Labute approximate surface area is 136 Å². The molecule has 3 nitrogen and oxygen atoms in total. The molecule has 0 aliphatic rings. The zero-order valence-electron chi connectivity index (χ0n) is 12.1. The van der Waals surface area contributed by atoms with Crippen molar-refractivity contribution in [2.75, 3.05) is 0 Å². The maximum Gasteiger partial charge on any atom is 0.0964 e. The molecule has 0 N–H and O–H groups in total. The second kappa shape index (κ2) is 4.83. The van der Waals surface area contributed by atoms with Gasteiger partial charge in [0.25, 0.3) is 0 Å². The minimum Gasteiger partial charge on any atom is -0.264 e. The lowest BCUT2D eigenvalue weighted by Gasteiger charge is -2.05. The van der Waals surface area contributed by atoms with Crippen LogP contribution in [0.15, 0.2) is 67.1 Å². The highest BCUT2D eigenvalue weighted by Crippen LogP contribution is 2.34. The molecule has 5 aromatic rings. The van der Waals surface area contributed by atoms with Crippen LogP contribution in [0, 0.1) is 0 Å². The lowest BCUT2D eigenvalue weighted by atomic mass is 10.1. The monoisotopic (exact) mass is 313 g/mol. The van der Waals surface area contributed by atoms with Crippen molar-refractivity contribution in [2.45, 2.75) is 0 Å². The Morgan fingerprint density at radius 2 is 1.74 bits per heavy atom. The number of aromatic nitrogens is 3. The Bertz CT molecular complexity index is 1170. The molecule has 0 unspecified atom stereocenters. The van der Waals surface area contributed by atoms with Crippen molar-refractivity contribution in [1.29, 1.82) is 0 Å². The Morgan fingerprint density at radius 3 is 2.74 bits per heavy atom. The third-order valence-electron chi connectivity index (χ3n) is 4.03. The van der Waals surface area contributed by atoms with Gasteiger partial charge in [-0.3, -0.25) is 9.97 Å². The third kappa shape index (κ3) is 1.92. The van der Waals surface area contributed by atoms with Crippen LogP contribution >= 0.6 is 11.3 Å². The summed E-state index contributed by atoms with van der Waals surface area (Å²) in [5.74, 6) is 0. The van der Waals surface area contributed by atoms with E-state index in [4.69, 9.17) is 4.98 Å². The SMILES string of the molecule is c1ccc2c(-c3ccc4sc5ccncc5c4n3)nccc2c1. The predicted octanol–water partition coefficient (Wildman–Crippen LogP) is 5.06. The van der Waals surface area contributed by atoms with Gasteiger partial charge >= 0.3 is 0 Å². The van der Waals surface area contributed by atoms with Crippen molar-refractivity contribution >= 4 is 42.4 Å². The number of benzene rings is 1. The lowest BCUT2D eigenvalue weighted by Crippen LogP contribution is -1.89. The molecular weight excluding hydrogens is 302 g/mol. The molecular formula is C19H11N3S. The van der Waals surface area contributed by atoms with E-state index in [-0.39, 0.29) is 0 Å².